The van der Waals surface area contributed by atoms with Crippen molar-refractivity contribution < 1.29 is 24.0 Å². The maximum atomic E-state index is 12.8. The lowest BCUT2D eigenvalue weighted by molar-refractivity contribution is 0.0604. The van der Waals surface area contributed by atoms with E-state index in [1.807, 2.05) is 0 Å². The van der Waals surface area contributed by atoms with Crippen molar-refractivity contribution in [1.82, 2.24) is 9.80 Å². The van der Waals surface area contributed by atoms with E-state index < -0.39 is 29.5 Å². The molecule has 0 saturated heterocycles. The number of imide groups is 2. The molecule has 2 aromatic rings. The zero-order valence-electron chi connectivity index (χ0n) is 17.5. The summed E-state index contributed by atoms with van der Waals surface area (Å²) in [5.41, 5.74) is 1.67. The summed E-state index contributed by atoms with van der Waals surface area (Å²) in [6.45, 7) is 3.08. The lowest BCUT2D eigenvalue weighted by Gasteiger charge is -2.25. The summed E-state index contributed by atoms with van der Waals surface area (Å²) in [6, 6.07) is 13.1. The number of fused-ring (bicyclic) bond motifs is 2. The van der Waals surface area contributed by atoms with Crippen LogP contribution in [-0.4, -0.2) is 52.2 Å². The Balaban J connectivity index is 1.62. The maximum absolute atomic E-state index is 12.8. The van der Waals surface area contributed by atoms with Crippen LogP contribution in [0, 0.1) is 17.9 Å². The monoisotopic (exact) mass is 429 g/mol. The van der Waals surface area contributed by atoms with Gasteiger partial charge in [0.15, 0.2) is 0 Å². The Labute approximate surface area is 184 Å². The standard InChI is InChI=1S/C24H19N3O5/c1-3-12-32-25-15(2)16(13-26-21(28)17-8-4-5-9-18(17)22(26)29)14-27-23(30)19-10-6-7-11-20(19)24(27)31/h4-11,16H,13-14H2,1-2H3. The molecule has 0 radical (unpaired) electrons. The third-order valence-corrected chi connectivity index (χ3v) is 5.49. The smallest absolute Gasteiger partial charge is 0.261 e. The maximum Gasteiger partial charge on any atom is 0.261 e. The number of hydrogen-bond donors (Lipinski definition) is 0. The molecule has 0 spiro atoms. The molecule has 0 aromatic heterocycles. The van der Waals surface area contributed by atoms with Gasteiger partial charge in [0.1, 0.15) is 6.11 Å². The molecule has 0 atom stereocenters. The fourth-order valence-corrected chi connectivity index (χ4v) is 3.79. The van der Waals surface area contributed by atoms with Gasteiger partial charge in [-0.25, -0.2) is 0 Å². The summed E-state index contributed by atoms with van der Waals surface area (Å²) >= 11 is 0. The molecule has 2 heterocycles. The first-order valence-electron chi connectivity index (χ1n) is 9.96. The number of rotatable bonds is 6. The average molecular weight is 429 g/mol. The van der Waals surface area contributed by atoms with E-state index in [2.05, 4.69) is 17.2 Å². The molecule has 2 aliphatic heterocycles. The molecule has 0 bridgehead atoms. The fraction of sp³-hybridized carbons (Fsp3) is 0.208. The third kappa shape index (κ3) is 3.54. The molecule has 160 valence electrons. The Kier molecular flexibility index (Phi) is 5.56. The number of benzene rings is 2. The Morgan fingerprint density at radius 2 is 1.19 bits per heavy atom. The Bertz CT molecular complexity index is 1090. The van der Waals surface area contributed by atoms with E-state index in [0.29, 0.717) is 28.0 Å². The molecular weight excluding hydrogens is 410 g/mol. The molecule has 0 fully saturated rings. The largest absolute Gasteiger partial charge is 0.304 e. The molecule has 0 aliphatic carbocycles. The van der Waals surface area contributed by atoms with Crippen LogP contribution in [0.1, 0.15) is 55.3 Å². The summed E-state index contributed by atoms with van der Waals surface area (Å²) in [7, 11) is 0. The van der Waals surface area contributed by atoms with Crippen LogP contribution >= 0.6 is 0 Å². The number of carbonyl (C=O) groups is 4. The highest BCUT2D eigenvalue weighted by Crippen LogP contribution is 2.27. The summed E-state index contributed by atoms with van der Waals surface area (Å²) in [6.07, 6.45) is 2.35. The van der Waals surface area contributed by atoms with Crippen molar-refractivity contribution in [1.29, 1.82) is 0 Å². The second-order valence-electron chi connectivity index (χ2n) is 7.41. The SMILES string of the molecule is CC#CON=C(C)C(CN1C(=O)c2ccccc2C1=O)CN1C(=O)c2ccccc2C1=O. The van der Waals surface area contributed by atoms with E-state index in [0.717, 1.165) is 9.80 Å². The minimum Gasteiger partial charge on any atom is -0.304 e. The number of amides is 4. The Morgan fingerprint density at radius 1 is 0.812 bits per heavy atom. The molecule has 8 nitrogen and oxygen atoms in total. The highest BCUT2D eigenvalue weighted by Gasteiger charge is 2.40. The predicted molar refractivity (Wildman–Crippen MR) is 115 cm³/mol. The van der Waals surface area contributed by atoms with Crippen molar-refractivity contribution in [3.63, 3.8) is 0 Å². The predicted octanol–water partition coefficient (Wildman–Crippen LogP) is 2.57. The molecule has 4 amide bonds. The van der Waals surface area contributed by atoms with Crippen LogP contribution in [0.2, 0.25) is 0 Å². The average Bonchev–Trinajstić information content (AvgIpc) is 3.19. The van der Waals surface area contributed by atoms with Crippen molar-refractivity contribution in [2.75, 3.05) is 13.1 Å². The molecule has 0 saturated carbocycles. The number of nitrogens with zero attached hydrogens (tertiary/aromatic N) is 3. The van der Waals surface area contributed by atoms with Gasteiger partial charge in [0.2, 0.25) is 0 Å². The van der Waals surface area contributed by atoms with Crippen LogP contribution in [0.3, 0.4) is 0 Å². The lowest BCUT2D eigenvalue weighted by Crippen LogP contribution is -2.44. The van der Waals surface area contributed by atoms with E-state index in [4.69, 9.17) is 4.84 Å². The summed E-state index contributed by atoms with van der Waals surface area (Å²) in [4.78, 5) is 58.5. The first kappa shape index (κ1) is 21.0. The Hall–Kier alpha value is -4.25. The molecule has 32 heavy (non-hydrogen) atoms. The van der Waals surface area contributed by atoms with Crippen molar-refractivity contribution in [3.05, 3.63) is 70.8 Å². The van der Waals surface area contributed by atoms with Gasteiger partial charge in [-0.05, 0) is 31.2 Å². The van der Waals surface area contributed by atoms with Crippen molar-refractivity contribution in [2.24, 2.45) is 11.1 Å². The van der Waals surface area contributed by atoms with Crippen LogP contribution < -0.4 is 0 Å². The van der Waals surface area contributed by atoms with Gasteiger partial charge in [0, 0.05) is 25.9 Å². The first-order valence-corrected chi connectivity index (χ1v) is 9.96. The molecular formula is C24H19N3O5. The highest BCUT2D eigenvalue weighted by molar-refractivity contribution is 6.22. The summed E-state index contributed by atoms with van der Waals surface area (Å²) < 4.78 is 0. The van der Waals surface area contributed by atoms with Crippen molar-refractivity contribution in [2.45, 2.75) is 13.8 Å². The quantitative estimate of drug-likeness (QED) is 0.304. The molecule has 2 aromatic carbocycles. The third-order valence-electron chi connectivity index (χ3n) is 5.49. The minimum absolute atomic E-state index is 0.0714. The summed E-state index contributed by atoms with van der Waals surface area (Å²) in [5.74, 6) is 0.181. The van der Waals surface area contributed by atoms with Gasteiger partial charge in [0.05, 0.1) is 28.0 Å². The topological polar surface area (TPSA) is 96.3 Å². The Morgan fingerprint density at radius 3 is 1.53 bits per heavy atom. The summed E-state index contributed by atoms with van der Waals surface area (Å²) in [5, 5.41) is 3.94. The second kappa shape index (κ2) is 8.47. The van der Waals surface area contributed by atoms with Crippen molar-refractivity contribution >= 4 is 29.3 Å². The molecule has 2 aliphatic rings. The highest BCUT2D eigenvalue weighted by atomic mass is 16.6. The van der Waals surface area contributed by atoms with Crippen LogP contribution in [0.15, 0.2) is 53.7 Å². The molecule has 8 heteroatoms. The van der Waals surface area contributed by atoms with E-state index in [1.54, 1.807) is 62.4 Å². The van der Waals surface area contributed by atoms with E-state index in [-0.39, 0.29) is 13.1 Å². The molecule has 4 rings (SSSR count). The van der Waals surface area contributed by atoms with E-state index in [1.165, 1.54) is 0 Å². The van der Waals surface area contributed by atoms with Gasteiger partial charge in [-0.3, -0.25) is 29.0 Å². The van der Waals surface area contributed by atoms with Crippen LogP contribution in [0.4, 0.5) is 0 Å². The van der Waals surface area contributed by atoms with Gasteiger partial charge in [-0.1, -0.05) is 35.3 Å². The zero-order valence-corrected chi connectivity index (χ0v) is 17.5. The second-order valence-corrected chi connectivity index (χ2v) is 7.41. The number of hydrogen-bond acceptors (Lipinski definition) is 6. The van der Waals surface area contributed by atoms with Crippen LogP contribution in [-0.2, 0) is 4.84 Å². The number of carbonyl (C=O) groups excluding carboxylic acids is 4. The minimum atomic E-state index is -0.641. The van der Waals surface area contributed by atoms with E-state index in [9.17, 15) is 19.2 Å². The first-order chi connectivity index (χ1) is 15.4. The van der Waals surface area contributed by atoms with Gasteiger partial charge in [-0.2, -0.15) is 0 Å². The van der Waals surface area contributed by atoms with Gasteiger partial charge in [0.25, 0.3) is 23.6 Å². The van der Waals surface area contributed by atoms with Gasteiger partial charge < -0.3 is 4.84 Å². The zero-order chi connectivity index (χ0) is 22.8. The van der Waals surface area contributed by atoms with Crippen LogP contribution in [0.25, 0.3) is 0 Å². The van der Waals surface area contributed by atoms with Gasteiger partial charge >= 0.3 is 0 Å². The normalized spacial score (nSPS) is 15.2. The van der Waals surface area contributed by atoms with E-state index >= 15 is 0 Å². The lowest BCUT2D eigenvalue weighted by atomic mass is 10.0. The molecule has 0 N–H and O–H groups in total. The number of oxime groups is 1. The fourth-order valence-electron chi connectivity index (χ4n) is 3.79. The molecule has 0 unspecified atom stereocenters. The van der Waals surface area contributed by atoms with Gasteiger partial charge in [-0.15, -0.1) is 0 Å². The van der Waals surface area contributed by atoms with Crippen LogP contribution in [0.5, 0.6) is 0 Å². The van der Waals surface area contributed by atoms with Crippen molar-refractivity contribution in [3.8, 4) is 12.0 Å².